The second kappa shape index (κ2) is 8.41. The molecular weight excluding hydrogens is 470 g/mol. The van der Waals surface area contributed by atoms with Crippen LogP contribution in [0.5, 0.6) is 0 Å². The number of thiophene rings is 1. The molecule has 2 saturated heterocycles. The van der Waals surface area contributed by atoms with E-state index in [2.05, 4.69) is 24.1 Å². The van der Waals surface area contributed by atoms with Crippen LogP contribution in [-0.2, 0) is 27.3 Å². The number of piperidine rings is 1. The van der Waals surface area contributed by atoms with Gasteiger partial charge in [-0.25, -0.2) is 0 Å². The van der Waals surface area contributed by atoms with Crippen molar-refractivity contribution in [1.29, 1.82) is 0 Å². The van der Waals surface area contributed by atoms with Crippen molar-refractivity contribution in [2.75, 3.05) is 13.2 Å². The van der Waals surface area contributed by atoms with Crippen LogP contribution in [0, 0.1) is 18.8 Å². The molecule has 2 aliphatic heterocycles. The Bertz CT molecular complexity index is 1290. The predicted octanol–water partition coefficient (Wildman–Crippen LogP) is 4.35. The van der Waals surface area contributed by atoms with E-state index in [1.165, 1.54) is 10.5 Å². The molecule has 4 atom stereocenters. The molecule has 0 bridgehead atoms. The molecule has 8 heteroatoms. The van der Waals surface area contributed by atoms with Gasteiger partial charge in [-0.3, -0.25) is 19.5 Å². The number of nitrogens with zero attached hydrogens (tertiary/aromatic N) is 2. The second-order valence-electron chi connectivity index (χ2n) is 9.71. The highest BCUT2D eigenvalue weighted by Crippen LogP contribution is 2.48. The van der Waals surface area contributed by atoms with Crippen LogP contribution in [0.4, 0.5) is 0 Å². The molecule has 2 aromatic heterocycles. The number of aromatic nitrogens is 1. The highest BCUT2D eigenvalue weighted by atomic mass is 35.5. The maximum absolute atomic E-state index is 12.5. The molecular formula is C26H26ClN3O3S. The lowest BCUT2D eigenvalue weighted by Crippen LogP contribution is -2.45. The lowest BCUT2D eigenvalue weighted by atomic mass is 9.92. The first-order valence-electron chi connectivity index (χ1n) is 11.8. The number of morpholine rings is 1. The minimum atomic E-state index is -0.0768. The van der Waals surface area contributed by atoms with E-state index >= 15 is 0 Å². The molecule has 1 N–H and O–H groups in total. The number of hydrogen-bond donors (Lipinski definition) is 1. The summed E-state index contributed by atoms with van der Waals surface area (Å²) in [4.78, 5) is 31.9. The Balaban J connectivity index is 1.36. The fourth-order valence-corrected chi connectivity index (χ4v) is 6.62. The molecule has 0 radical (unpaired) electrons. The van der Waals surface area contributed by atoms with Crippen molar-refractivity contribution in [3.63, 3.8) is 0 Å². The Morgan fingerprint density at radius 3 is 2.74 bits per heavy atom. The SMILES string of the molecule is Cc1cc(Cl)cc(-c2ccnc3cc(CN4C(=O)C5CC5C4=O)sc23)c1C[C@@H]1CN[C@@H](C)CO1. The van der Waals surface area contributed by atoms with Crippen molar-refractivity contribution in [2.24, 2.45) is 11.8 Å². The smallest absolute Gasteiger partial charge is 0.233 e. The molecule has 6 nitrogen and oxygen atoms in total. The third-order valence-corrected chi connectivity index (χ3v) is 8.53. The van der Waals surface area contributed by atoms with Crippen molar-refractivity contribution in [1.82, 2.24) is 15.2 Å². The molecule has 3 fully saturated rings. The van der Waals surface area contributed by atoms with Crippen molar-refractivity contribution in [3.05, 3.63) is 51.5 Å². The van der Waals surface area contributed by atoms with Gasteiger partial charge >= 0.3 is 0 Å². The zero-order chi connectivity index (χ0) is 23.6. The van der Waals surface area contributed by atoms with Gasteiger partial charge in [-0.05, 0) is 61.2 Å². The molecule has 2 unspecified atom stereocenters. The Labute approximate surface area is 207 Å². The number of benzene rings is 1. The van der Waals surface area contributed by atoms with Crippen molar-refractivity contribution < 1.29 is 14.3 Å². The number of rotatable bonds is 5. The number of aryl methyl sites for hydroxylation is 1. The van der Waals surface area contributed by atoms with Gasteiger partial charge < -0.3 is 10.1 Å². The molecule has 1 aliphatic carbocycles. The zero-order valence-electron chi connectivity index (χ0n) is 19.1. The van der Waals surface area contributed by atoms with Gasteiger partial charge in [0.05, 0.1) is 41.3 Å². The highest BCUT2D eigenvalue weighted by molar-refractivity contribution is 7.19. The number of amides is 2. The number of imide groups is 1. The van der Waals surface area contributed by atoms with Gasteiger partial charge in [-0.2, -0.15) is 0 Å². The summed E-state index contributed by atoms with van der Waals surface area (Å²) in [6, 6.07) is 8.43. The maximum atomic E-state index is 12.5. The number of likely N-dealkylation sites (tertiary alicyclic amines) is 1. The van der Waals surface area contributed by atoms with Gasteiger partial charge in [0.15, 0.2) is 0 Å². The summed E-state index contributed by atoms with van der Waals surface area (Å²) in [6.45, 7) is 6.07. The van der Waals surface area contributed by atoms with Crippen molar-refractivity contribution in [3.8, 4) is 11.1 Å². The topological polar surface area (TPSA) is 71.5 Å². The normalized spacial score (nSPS) is 26.4. The minimum absolute atomic E-state index is 0.0243. The van der Waals surface area contributed by atoms with Crippen LogP contribution in [0.25, 0.3) is 21.3 Å². The maximum Gasteiger partial charge on any atom is 0.233 e. The Hall–Kier alpha value is -2.32. The van der Waals surface area contributed by atoms with E-state index < -0.39 is 0 Å². The zero-order valence-corrected chi connectivity index (χ0v) is 20.7. The number of pyridine rings is 1. The summed E-state index contributed by atoms with van der Waals surface area (Å²) in [5.41, 5.74) is 5.38. The average Bonchev–Trinajstić information content (AvgIpc) is 3.45. The summed E-state index contributed by atoms with van der Waals surface area (Å²) in [6.07, 6.45) is 3.43. The molecule has 0 spiro atoms. The summed E-state index contributed by atoms with van der Waals surface area (Å²) in [5, 5.41) is 4.20. The number of ether oxygens (including phenoxy) is 1. The summed E-state index contributed by atoms with van der Waals surface area (Å²) < 4.78 is 7.14. The van der Waals surface area contributed by atoms with Gasteiger partial charge in [0, 0.05) is 40.7 Å². The van der Waals surface area contributed by atoms with Crippen molar-refractivity contribution in [2.45, 2.75) is 45.4 Å². The molecule has 176 valence electrons. The monoisotopic (exact) mass is 495 g/mol. The lowest BCUT2D eigenvalue weighted by Gasteiger charge is -2.29. The van der Waals surface area contributed by atoms with Gasteiger partial charge in [-0.1, -0.05) is 11.6 Å². The predicted molar refractivity (Wildman–Crippen MR) is 133 cm³/mol. The van der Waals surface area contributed by atoms with E-state index in [4.69, 9.17) is 16.3 Å². The van der Waals surface area contributed by atoms with E-state index in [0.29, 0.717) is 24.2 Å². The van der Waals surface area contributed by atoms with E-state index in [1.54, 1.807) is 11.3 Å². The standard InChI is InChI=1S/C26H26ClN3O3S/c1-13-5-15(27)6-20(19(13)7-16-10-29-14(2)12-33-16)18-3-4-28-23-8-17(34-24(18)23)11-30-25(31)21-9-22(21)26(30)32/h3-6,8,14,16,21-22,29H,7,9-12H2,1-2H3/t14-,16+,21?,22?/m0/s1. The highest BCUT2D eigenvalue weighted by Gasteiger charge is 2.58. The van der Waals surface area contributed by atoms with E-state index in [0.717, 1.165) is 51.2 Å². The summed E-state index contributed by atoms with van der Waals surface area (Å²) >= 11 is 8.11. The van der Waals surface area contributed by atoms with Gasteiger partial charge in [-0.15, -0.1) is 11.3 Å². The quantitative estimate of drug-likeness (QED) is 0.533. The van der Waals surface area contributed by atoms with Gasteiger partial charge in [0.1, 0.15) is 0 Å². The fourth-order valence-electron chi connectivity index (χ4n) is 5.21. The van der Waals surface area contributed by atoms with Gasteiger partial charge in [0.25, 0.3) is 0 Å². The second-order valence-corrected chi connectivity index (χ2v) is 11.3. The lowest BCUT2D eigenvalue weighted by molar-refractivity contribution is -0.141. The fraction of sp³-hybridized carbons (Fsp3) is 0.423. The number of fused-ring (bicyclic) bond motifs is 2. The molecule has 34 heavy (non-hydrogen) atoms. The van der Waals surface area contributed by atoms with Crippen LogP contribution in [0.2, 0.25) is 5.02 Å². The molecule has 4 heterocycles. The van der Waals surface area contributed by atoms with Crippen LogP contribution in [0.15, 0.2) is 30.5 Å². The van der Waals surface area contributed by atoms with Crippen LogP contribution >= 0.6 is 22.9 Å². The van der Waals surface area contributed by atoms with E-state index in [1.807, 2.05) is 30.5 Å². The van der Waals surface area contributed by atoms with Gasteiger partial charge in [0.2, 0.25) is 11.8 Å². The van der Waals surface area contributed by atoms with Crippen molar-refractivity contribution >= 4 is 45.0 Å². The number of carbonyl (C=O) groups excluding carboxylic acids is 2. The number of halogens is 1. The first-order valence-corrected chi connectivity index (χ1v) is 13.0. The van der Waals surface area contributed by atoms with Crippen LogP contribution in [0.3, 0.4) is 0 Å². The molecule has 1 aromatic carbocycles. The molecule has 2 amide bonds. The average molecular weight is 496 g/mol. The largest absolute Gasteiger partial charge is 0.375 e. The van der Waals surface area contributed by atoms with Crippen LogP contribution in [0.1, 0.15) is 29.3 Å². The first-order chi connectivity index (χ1) is 16.4. The number of carbonyl (C=O) groups is 2. The molecule has 3 aromatic rings. The Morgan fingerprint density at radius 2 is 2.00 bits per heavy atom. The third kappa shape index (κ3) is 3.85. The minimum Gasteiger partial charge on any atom is -0.375 e. The Morgan fingerprint density at radius 1 is 1.21 bits per heavy atom. The molecule has 6 rings (SSSR count). The number of hydrogen-bond acceptors (Lipinski definition) is 6. The van der Waals surface area contributed by atoms with E-state index in [-0.39, 0.29) is 29.8 Å². The number of nitrogens with one attached hydrogen (secondary N) is 1. The molecule has 1 saturated carbocycles. The first kappa shape index (κ1) is 22.2. The van der Waals surface area contributed by atoms with Crippen LogP contribution in [-0.4, -0.2) is 47.0 Å². The Kier molecular flexibility index (Phi) is 5.48. The molecule has 3 aliphatic rings. The summed E-state index contributed by atoms with van der Waals surface area (Å²) in [7, 11) is 0. The van der Waals surface area contributed by atoms with Crippen LogP contribution < -0.4 is 5.32 Å². The van der Waals surface area contributed by atoms with E-state index in [9.17, 15) is 9.59 Å². The third-order valence-electron chi connectivity index (χ3n) is 7.17. The summed E-state index contributed by atoms with van der Waals surface area (Å²) in [5.74, 6) is -0.202.